The van der Waals surface area contributed by atoms with Crippen LogP contribution in [0.15, 0.2) is 42.5 Å². The Hall–Kier alpha value is -3.22. The van der Waals surface area contributed by atoms with Gasteiger partial charge in [-0.2, -0.15) is 0 Å². The van der Waals surface area contributed by atoms with Crippen molar-refractivity contribution in [2.24, 2.45) is 0 Å². The van der Waals surface area contributed by atoms with Crippen LogP contribution in [-0.2, 0) is 16.9 Å². The lowest BCUT2D eigenvalue weighted by molar-refractivity contribution is -0.131. The third-order valence-corrected chi connectivity index (χ3v) is 4.71. The van der Waals surface area contributed by atoms with E-state index in [0.717, 1.165) is 4.90 Å². The number of nitrogens with zero attached hydrogens (tertiary/aromatic N) is 1. The first-order valence-corrected chi connectivity index (χ1v) is 8.34. The number of ether oxygens (including phenoxy) is 1. The number of methoxy groups -OCH3 is 1. The second-order valence-electron chi connectivity index (χ2n) is 6.54. The van der Waals surface area contributed by atoms with E-state index >= 15 is 0 Å². The summed E-state index contributed by atoms with van der Waals surface area (Å²) >= 11 is 0. The average Bonchev–Trinajstić information content (AvgIpc) is 2.86. The fourth-order valence-electron chi connectivity index (χ4n) is 3.11. The van der Waals surface area contributed by atoms with Gasteiger partial charge in [0.15, 0.2) is 5.78 Å². The summed E-state index contributed by atoms with van der Waals surface area (Å²) in [6.07, 6.45) is 0. The Kier molecular flexibility index (Phi) is 4.70. The number of rotatable bonds is 5. The number of nitrogens with one attached hydrogen (secondary N) is 1. The molecule has 3 rings (SSSR count). The van der Waals surface area contributed by atoms with Crippen LogP contribution < -0.4 is 10.1 Å². The standard InChI is InChI=1S/C20H19FN2O4/c1-12(24)13-4-9-17(27-3)14(10-13)11-23-18(25)20(2,22-19(23)26)15-5-7-16(21)8-6-15/h4-10H,11H2,1-3H3,(H,22,26). The van der Waals surface area contributed by atoms with Gasteiger partial charge in [0.25, 0.3) is 5.91 Å². The second kappa shape index (κ2) is 6.83. The Balaban J connectivity index is 1.93. The Labute approximate surface area is 155 Å². The molecule has 2 aromatic carbocycles. The molecule has 0 aliphatic carbocycles. The van der Waals surface area contributed by atoms with Gasteiger partial charge in [-0.25, -0.2) is 9.18 Å². The number of carbonyl (C=O) groups is 3. The molecule has 6 nitrogen and oxygen atoms in total. The van der Waals surface area contributed by atoms with E-state index in [9.17, 15) is 18.8 Å². The third kappa shape index (κ3) is 3.28. The first-order chi connectivity index (χ1) is 12.8. The van der Waals surface area contributed by atoms with Crippen molar-refractivity contribution in [2.45, 2.75) is 25.9 Å². The molecule has 1 atom stereocenters. The van der Waals surface area contributed by atoms with Crippen molar-refractivity contribution in [3.8, 4) is 5.75 Å². The number of urea groups is 1. The van der Waals surface area contributed by atoms with Gasteiger partial charge >= 0.3 is 6.03 Å². The quantitative estimate of drug-likeness (QED) is 0.648. The van der Waals surface area contributed by atoms with E-state index in [0.29, 0.717) is 22.4 Å². The minimum Gasteiger partial charge on any atom is -0.496 e. The lowest BCUT2D eigenvalue weighted by Gasteiger charge is -2.22. The summed E-state index contributed by atoms with van der Waals surface area (Å²) in [5.74, 6) is -0.556. The molecule has 1 fully saturated rings. The number of imide groups is 1. The summed E-state index contributed by atoms with van der Waals surface area (Å²) < 4.78 is 18.5. The molecule has 3 amide bonds. The van der Waals surface area contributed by atoms with E-state index in [1.165, 1.54) is 38.3 Å². The maximum atomic E-state index is 13.2. The van der Waals surface area contributed by atoms with Gasteiger partial charge in [-0.3, -0.25) is 14.5 Å². The van der Waals surface area contributed by atoms with Crippen LogP contribution in [0, 0.1) is 5.82 Å². The molecular weight excluding hydrogens is 351 g/mol. The molecule has 1 N–H and O–H groups in total. The summed E-state index contributed by atoms with van der Waals surface area (Å²) in [6, 6.07) is 9.70. The number of amides is 3. The molecule has 0 spiro atoms. The van der Waals surface area contributed by atoms with Crippen molar-refractivity contribution in [2.75, 3.05) is 7.11 Å². The van der Waals surface area contributed by atoms with Crippen molar-refractivity contribution in [3.05, 3.63) is 65.0 Å². The molecule has 0 aromatic heterocycles. The SMILES string of the molecule is COc1ccc(C(C)=O)cc1CN1C(=O)NC(C)(c2ccc(F)cc2)C1=O. The fourth-order valence-corrected chi connectivity index (χ4v) is 3.11. The highest BCUT2D eigenvalue weighted by Crippen LogP contribution is 2.31. The van der Waals surface area contributed by atoms with Gasteiger partial charge in [0.2, 0.25) is 0 Å². The molecule has 27 heavy (non-hydrogen) atoms. The topological polar surface area (TPSA) is 75.7 Å². The Bertz CT molecular complexity index is 926. The Morgan fingerprint density at radius 2 is 1.85 bits per heavy atom. The summed E-state index contributed by atoms with van der Waals surface area (Å²) in [5.41, 5.74) is 0.182. The van der Waals surface area contributed by atoms with Crippen LogP contribution >= 0.6 is 0 Å². The summed E-state index contributed by atoms with van der Waals surface area (Å²) in [5, 5.41) is 2.67. The van der Waals surface area contributed by atoms with E-state index < -0.39 is 23.3 Å². The molecular formula is C20H19FN2O4. The van der Waals surface area contributed by atoms with Crippen LogP contribution in [0.5, 0.6) is 5.75 Å². The largest absolute Gasteiger partial charge is 0.496 e. The highest BCUT2D eigenvalue weighted by atomic mass is 19.1. The Morgan fingerprint density at radius 3 is 2.44 bits per heavy atom. The van der Waals surface area contributed by atoms with E-state index in [4.69, 9.17) is 4.74 Å². The van der Waals surface area contributed by atoms with E-state index in [-0.39, 0.29) is 12.3 Å². The highest BCUT2D eigenvalue weighted by molar-refractivity contribution is 6.07. The van der Waals surface area contributed by atoms with Crippen LogP contribution in [0.2, 0.25) is 0 Å². The Morgan fingerprint density at radius 1 is 1.19 bits per heavy atom. The fraction of sp³-hybridized carbons (Fsp3) is 0.250. The number of halogens is 1. The van der Waals surface area contributed by atoms with Crippen molar-refractivity contribution in [1.82, 2.24) is 10.2 Å². The van der Waals surface area contributed by atoms with E-state index in [2.05, 4.69) is 5.32 Å². The van der Waals surface area contributed by atoms with E-state index in [1.54, 1.807) is 25.1 Å². The number of benzene rings is 2. The molecule has 7 heteroatoms. The molecule has 1 unspecified atom stereocenters. The monoisotopic (exact) mass is 370 g/mol. The number of ketones is 1. The zero-order valence-corrected chi connectivity index (χ0v) is 15.2. The molecule has 2 aromatic rings. The lowest BCUT2D eigenvalue weighted by atomic mass is 9.92. The van der Waals surface area contributed by atoms with Crippen LogP contribution in [-0.4, -0.2) is 29.7 Å². The molecule has 140 valence electrons. The average molecular weight is 370 g/mol. The maximum absolute atomic E-state index is 13.2. The van der Waals surface area contributed by atoms with Crippen molar-refractivity contribution >= 4 is 17.7 Å². The van der Waals surface area contributed by atoms with Gasteiger partial charge in [0.1, 0.15) is 17.1 Å². The van der Waals surface area contributed by atoms with Gasteiger partial charge in [-0.05, 0) is 49.7 Å². The van der Waals surface area contributed by atoms with Crippen molar-refractivity contribution in [3.63, 3.8) is 0 Å². The molecule has 1 heterocycles. The van der Waals surface area contributed by atoms with Gasteiger partial charge < -0.3 is 10.1 Å². The number of hydrogen-bond donors (Lipinski definition) is 1. The van der Waals surface area contributed by atoms with Crippen LogP contribution in [0.4, 0.5) is 9.18 Å². The summed E-state index contributed by atoms with van der Waals surface area (Å²) in [4.78, 5) is 38.2. The van der Waals surface area contributed by atoms with Crippen LogP contribution in [0.25, 0.3) is 0 Å². The highest BCUT2D eigenvalue weighted by Gasteiger charge is 2.49. The summed E-state index contributed by atoms with van der Waals surface area (Å²) in [6.45, 7) is 2.96. The molecule has 1 saturated heterocycles. The predicted molar refractivity (Wildman–Crippen MR) is 95.8 cm³/mol. The van der Waals surface area contributed by atoms with Crippen LogP contribution in [0.3, 0.4) is 0 Å². The van der Waals surface area contributed by atoms with Crippen molar-refractivity contribution in [1.29, 1.82) is 0 Å². The minimum absolute atomic E-state index is 0.0499. The second-order valence-corrected chi connectivity index (χ2v) is 6.54. The molecule has 0 bridgehead atoms. The summed E-state index contributed by atoms with van der Waals surface area (Å²) in [7, 11) is 1.47. The number of hydrogen-bond acceptors (Lipinski definition) is 4. The first-order valence-electron chi connectivity index (χ1n) is 8.34. The number of carbonyl (C=O) groups excluding carboxylic acids is 3. The van der Waals surface area contributed by atoms with Gasteiger partial charge in [0, 0.05) is 11.1 Å². The van der Waals surface area contributed by atoms with Gasteiger partial charge in [-0.1, -0.05) is 12.1 Å². The first kappa shape index (κ1) is 18.6. The molecule has 0 saturated carbocycles. The molecule has 1 aliphatic rings. The van der Waals surface area contributed by atoms with Crippen molar-refractivity contribution < 1.29 is 23.5 Å². The predicted octanol–water partition coefficient (Wildman–Crippen LogP) is 3.00. The number of Topliss-reactive ketones (excluding diaryl/α,β-unsaturated/α-hetero) is 1. The minimum atomic E-state index is -1.30. The zero-order valence-electron chi connectivity index (χ0n) is 15.2. The van der Waals surface area contributed by atoms with E-state index in [1.807, 2.05) is 0 Å². The van der Waals surface area contributed by atoms with Gasteiger partial charge in [-0.15, -0.1) is 0 Å². The van der Waals surface area contributed by atoms with Gasteiger partial charge in [0.05, 0.1) is 13.7 Å². The maximum Gasteiger partial charge on any atom is 0.325 e. The third-order valence-electron chi connectivity index (χ3n) is 4.71. The smallest absolute Gasteiger partial charge is 0.325 e. The zero-order chi connectivity index (χ0) is 19.8. The molecule has 1 aliphatic heterocycles. The lowest BCUT2D eigenvalue weighted by Crippen LogP contribution is -2.40. The molecule has 0 radical (unpaired) electrons. The normalized spacial score (nSPS) is 19.2. The van der Waals surface area contributed by atoms with Crippen LogP contribution in [0.1, 0.15) is 35.3 Å².